The van der Waals surface area contributed by atoms with Gasteiger partial charge < -0.3 is 4.74 Å². The summed E-state index contributed by atoms with van der Waals surface area (Å²) in [5.41, 5.74) is 1.98. The van der Waals surface area contributed by atoms with Crippen molar-refractivity contribution in [2.24, 2.45) is 7.05 Å². The number of methoxy groups -OCH3 is 1. The summed E-state index contributed by atoms with van der Waals surface area (Å²) >= 11 is 0. The quantitative estimate of drug-likeness (QED) is 0.712. The molecule has 0 radical (unpaired) electrons. The number of nitrogens with one attached hydrogen (secondary N) is 1. The van der Waals surface area contributed by atoms with Crippen LogP contribution in [0.2, 0.25) is 0 Å². The SMILES string of the molecule is COc1ccc(F)cc1S(=O)(=O)NCc1cc(-c2ccccn2)n(C)n1. The van der Waals surface area contributed by atoms with Crippen LogP contribution in [0.3, 0.4) is 0 Å². The minimum Gasteiger partial charge on any atom is -0.495 e. The fourth-order valence-corrected chi connectivity index (χ4v) is 3.65. The van der Waals surface area contributed by atoms with Crippen LogP contribution in [0.25, 0.3) is 11.4 Å². The standard InChI is InChI=1S/C17H17FN4O3S/c1-22-15(14-5-3-4-8-19-14)10-13(21-22)11-20-26(23,24)17-9-12(18)6-7-16(17)25-2/h3-10,20H,11H2,1-2H3. The summed E-state index contributed by atoms with van der Waals surface area (Å²) in [6.45, 7) is -0.0529. The van der Waals surface area contributed by atoms with Crippen molar-refractivity contribution >= 4 is 10.0 Å². The number of halogens is 1. The van der Waals surface area contributed by atoms with E-state index in [4.69, 9.17) is 4.74 Å². The van der Waals surface area contributed by atoms with Gasteiger partial charge in [-0.15, -0.1) is 0 Å². The average Bonchev–Trinajstić information content (AvgIpc) is 3.01. The number of pyridine rings is 1. The molecule has 0 fully saturated rings. The maximum absolute atomic E-state index is 13.5. The summed E-state index contributed by atoms with van der Waals surface area (Å²) in [6.07, 6.45) is 1.67. The zero-order valence-corrected chi connectivity index (χ0v) is 15.0. The molecule has 3 aromatic rings. The minimum atomic E-state index is -3.97. The molecule has 0 unspecified atom stereocenters. The molecule has 0 aliphatic heterocycles. The third-order valence-electron chi connectivity index (χ3n) is 3.72. The van der Waals surface area contributed by atoms with Crippen molar-refractivity contribution in [2.45, 2.75) is 11.4 Å². The van der Waals surface area contributed by atoms with Crippen LogP contribution in [0.4, 0.5) is 4.39 Å². The van der Waals surface area contributed by atoms with E-state index in [0.717, 1.165) is 23.5 Å². The maximum atomic E-state index is 13.5. The Morgan fingerprint density at radius 3 is 2.73 bits per heavy atom. The van der Waals surface area contributed by atoms with Gasteiger partial charge in [0.25, 0.3) is 0 Å². The van der Waals surface area contributed by atoms with Crippen LogP contribution in [0.5, 0.6) is 5.75 Å². The first kappa shape index (κ1) is 18.0. The Hall–Kier alpha value is -2.78. The van der Waals surface area contributed by atoms with Gasteiger partial charge in [-0.1, -0.05) is 6.07 Å². The third-order valence-corrected chi connectivity index (χ3v) is 5.14. The number of nitrogens with zero attached hydrogens (tertiary/aromatic N) is 3. The lowest BCUT2D eigenvalue weighted by atomic mass is 10.2. The minimum absolute atomic E-state index is 0.0529. The van der Waals surface area contributed by atoms with Gasteiger partial charge in [-0.25, -0.2) is 17.5 Å². The van der Waals surface area contributed by atoms with Crippen LogP contribution in [0.15, 0.2) is 53.6 Å². The number of aromatic nitrogens is 3. The van der Waals surface area contributed by atoms with Crippen molar-refractivity contribution in [3.63, 3.8) is 0 Å². The van der Waals surface area contributed by atoms with E-state index in [1.807, 2.05) is 12.1 Å². The first-order valence-corrected chi connectivity index (χ1v) is 9.16. The van der Waals surface area contributed by atoms with Gasteiger partial charge >= 0.3 is 0 Å². The van der Waals surface area contributed by atoms with Crippen LogP contribution >= 0.6 is 0 Å². The largest absolute Gasteiger partial charge is 0.495 e. The second kappa shape index (κ2) is 7.22. The number of rotatable bonds is 6. The zero-order chi connectivity index (χ0) is 18.7. The third kappa shape index (κ3) is 3.73. The topological polar surface area (TPSA) is 86.1 Å². The van der Waals surface area contributed by atoms with E-state index in [2.05, 4.69) is 14.8 Å². The molecule has 0 bridgehead atoms. The summed E-state index contributed by atoms with van der Waals surface area (Å²) in [6, 6.07) is 10.6. The highest BCUT2D eigenvalue weighted by Gasteiger charge is 2.21. The van der Waals surface area contributed by atoms with E-state index in [1.165, 1.54) is 13.2 Å². The predicted molar refractivity (Wildman–Crippen MR) is 93.4 cm³/mol. The fourth-order valence-electron chi connectivity index (χ4n) is 2.47. The first-order valence-electron chi connectivity index (χ1n) is 7.68. The number of hydrogen-bond acceptors (Lipinski definition) is 5. The molecule has 0 spiro atoms. The van der Waals surface area contributed by atoms with Gasteiger partial charge in [0.05, 0.1) is 30.7 Å². The molecule has 2 heterocycles. The Morgan fingerprint density at radius 1 is 1.23 bits per heavy atom. The van der Waals surface area contributed by atoms with Crippen molar-refractivity contribution in [3.8, 4) is 17.1 Å². The molecule has 0 aliphatic rings. The summed E-state index contributed by atoms with van der Waals surface area (Å²) in [4.78, 5) is 3.99. The highest BCUT2D eigenvalue weighted by Crippen LogP contribution is 2.24. The molecule has 26 heavy (non-hydrogen) atoms. The Morgan fingerprint density at radius 2 is 2.04 bits per heavy atom. The van der Waals surface area contributed by atoms with Crippen molar-refractivity contribution in [3.05, 3.63) is 60.2 Å². The lowest BCUT2D eigenvalue weighted by Crippen LogP contribution is -2.24. The van der Waals surface area contributed by atoms with E-state index in [1.54, 1.807) is 30.1 Å². The van der Waals surface area contributed by atoms with Crippen molar-refractivity contribution in [2.75, 3.05) is 7.11 Å². The van der Waals surface area contributed by atoms with Gasteiger partial charge in [0.15, 0.2) is 0 Å². The Balaban J connectivity index is 1.82. The first-order chi connectivity index (χ1) is 12.4. The van der Waals surface area contributed by atoms with Gasteiger partial charge in [0, 0.05) is 13.2 Å². The number of sulfonamides is 1. The second-order valence-corrected chi connectivity index (χ2v) is 7.21. The zero-order valence-electron chi connectivity index (χ0n) is 14.2. The van der Waals surface area contributed by atoms with Crippen LogP contribution in [0, 0.1) is 5.82 Å². The maximum Gasteiger partial charge on any atom is 0.244 e. The van der Waals surface area contributed by atoms with E-state index in [-0.39, 0.29) is 17.2 Å². The Labute approximate surface area is 150 Å². The van der Waals surface area contributed by atoms with Crippen molar-refractivity contribution < 1.29 is 17.5 Å². The molecule has 0 aliphatic carbocycles. The van der Waals surface area contributed by atoms with Crippen molar-refractivity contribution in [1.82, 2.24) is 19.5 Å². The number of benzene rings is 1. The molecule has 0 saturated heterocycles. The fraction of sp³-hybridized carbons (Fsp3) is 0.176. The van der Waals surface area contributed by atoms with Crippen LogP contribution in [-0.2, 0) is 23.6 Å². The summed E-state index contributed by atoms with van der Waals surface area (Å²) < 4.78 is 47.5. The molecule has 136 valence electrons. The Kier molecular flexibility index (Phi) is 5.01. The highest BCUT2D eigenvalue weighted by atomic mass is 32.2. The second-order valence-electron chi connectivity index (χ2n) is 5.48. The van der Waals surface area contributed by atoms with Crippen LogP contribution in [0.1, 0.15) is 5.69 Å². The molecule has 0 amide bonds. The molecule has 2 aromatic heterocycles. The normalized spacial score (nSPS) is 11.5. The number of hydrogen-bond donors (Lipinski definition) is 1. The van der Waals surface area contributed by atoms with Gasteiger partial charge in [-0.05, 0) is 36.4 Å². The lowest BCUT2D eigenvalue weighted by Gasteiger charge is -2.10. The molecular weight excluding hydrogens is 359 g/mol. The molecule has 7 nitrogen and oxygen atoms in total. The molecule has 1 aromatic carbocycles. The molecule has 3 rings (SSSR count). The van der Waals surface area contributed by atoms with Gasteiger partial charge in [0.1, 0.15) is 16.5 Å². The predicted octanol–water partition coefficient (Wildman–Crippen LogP) is 2.11. The summed E-state index contributed by atoms with van der Waals surface area (Å²) in [5.74, 6) is -0.601. The smallest absolute Gasteiger partial charge is 0.244 e. The van der Waals surface area contributed by atoms with Crippen LogP contribution < -0.4 is 9.46 Å². The summed E-state index contributed by atoms with van der Waals surface area (Å²) in [5, 5.41) is 4.29. The van der Waals surface area contributed by atoms with Crippen molar-refractivity contribution in [1.29, 1.82) is 0 Å². The van der Waals surface area contributed by atoms with E-state index in [9.17, 15) is 12.8 Å². The highest BCUT2D eigenvalue weighted by molar-refractivity contribution is 7.89. The van der Waals surface area contributed by atoms with E-state index in [0.29, 0.717) is 5.69 Å². The van der Waals surface area contributed by atoms with Gasteiger partial charge in [-0.2, -0.15) is 5.10 Å². The lowest BCUT2D eigenvalue weighted by molar-refractivity contribution is 0.400. The molecule has 0 atom stereocenters. The molecule has 1 N–H and O–H groups in total. The number of ether oxygens (including phenoxy) is 1. The van der Waals surface area contributed by atoms with Gasteiger partial charge in [0.2, 0.25) is 10.0 Å². The van der Waals surface area contributed by atoms with Gasteiger partial charge in [-0.3, -0.25) is 9.67 Å². The van der Waals surface area contributed by atoms with E-state index < -0.39 is 15.8 Å². The Bertz CT molecular complexity index is 1020. The molecule has 0 saturated carbocycles. The molecular formula is C17H17FN4O3S. The van der Waals surface area contributed by atoms with E-state index >= 15 is 0 Å². The van der Waals surface area contributed by atoms with Crippen LogP contribution in [-0.4, -0.2) is 30.3 Å². The average molecular weight is 376 g/mol. The monoisotopic (exact) mass is 376 g/mol. The number of aryl methyl sites for hydroxylation is 1. The summed E-state index contributed by atoms with van der Waals surface area (Å²) in [7, 11) is -0.901. The molecule has 9 heteroatoms.